The van der Waals surface area contributed by atoms with Crippen LogP contribution in [0.1, 0.15) is 6.42 Å². The summed E-state index contributed by atoms with van der Waals surface area (Å²) in [6.07, 6.45) is 1.10. The van der Waals surface area contributed by atoms with E-state index in [-0.39, 0.29) is 6.61 Å². The van der Waals surface area contributed by atoms with E-state index in [4.69, 9.17) is 14.6 Å². The molecular weight excluding hydrogens is 176 g/mol. The smallest absolute Gasteiger partial charge is 0.0698 e. The van der Waals surface area contributed by atoms with Crippen molar-refractivity contribution in [2.75, 3.05) is 45.0 Å². The zero-order chi connectivity index (χ0) is 9.07. The Morgan fingerprint density at radius 3 is 2.67 bits per heavy atom. The third kappa shape index (κ3) is 10.2. The van der Waals surface area contributed by atoms with Gasteiger partial charge in [-0.3, -0.25) is 0 Å². The van der Waals surface area contributed by atoms with Crippen molar-refractivity contribution in [1.29, 1.82) is 0 Å². The van der Waals surface area contributed by atoms with Crippen molar-refractivity contribution in [2.24, 2.45) is 0 Å². The maximum absolute atomic E-state index is 8.39. The standard InChI is InChI=1S/C8H18O3S/c1-10-4-2-7-12-8-6-11-5-3-9/h9H,2-8H2,1H3. The molecule has 0 bridgehead atoms. The van der Waals surface area contributed by atoms with Crippen molar-refractivity contribution in [1.82, 2.24) is 0 Å². The molecule has 0 amide bonds. The van der Waals surface area contributed by atoms with Crippen LogP contribution < -0.4 is 0 Å². The van der Waals surface area contributed by atoms with E-state index in [9.17, 15) is 0 Å². The average Bonchev–Trinajstić information content (AvgIpc) is 2.10. The van der Waals surface area contributed by atoms with Crippen LogP contribution in [0, 0.1) is 0 Å². The molecule has 0 atom stereocenters. The number of aliphatic hydroxyl groups excluding tert-OH is 1. The Morgan fingerprint density at radius 1 is 1.17 bits per heavy atom. The lowest BCUT2D eigenvalue weighted by atomic mass is 10.5. The fraction of sp³-hybridized carbons (Fsp3) is 1.00. The quantitative estimate of drug-likeness (QED) is 0.550. The van der Waals surface area contributed by atoms with Crippen LogP contribution in [0.5, 0.6) is 0 Å². The van der Waals surface area contributed by atoms with Gasteiger partial charge in [0, 0.05) is 19.5 Å². The van der Waals surface area contributed by atoms with Gasteiger partial charge in [0.25, 0.3) is 0 Å². The van der Waals surface area contributed by atoms with Crippen LogP contribution in [0.15, 0.2) is 0 Å². The summed E-state index contributed by atoms with van der Waals surface area (Å²) in [6.45, 7) is 2.15. The molecule has 4 heteroatoms. The summed E-state index contributed by atoms with van der Waals surface area (Å²) in [4.78, 5) is 0. The summed E-state index contributed by atoms with van der Waals surface area (Å²) in [6, 6.07) is 0. The van der Waals surface area contributed by atoms with E-state index in [1.54, 1.807) is 7.11 Å². The second-order valence-electron chi connectivity index (χ2n) is 2.29. The maximum Gasteiger partial charge on any atom is 0.0698 e. The summed E-state index contributed by atoms with van der Waals surface area (Å²) in [5.41, 5.74) is 0. The summed E-state index contributed by atoms with van der Waals surface area (Å²) in [5, 5.41) is 8.39. The van der Waals surface area contributed by atoms with Crippen molar-refractivity contribution < 1.29 is 14.6 Å². The molecule has 0 aliphatic carbocycles. The van der Waals surface area contributed by atoms with Crippen molar-refractivity contribution in [3.8, 4) is 0 Å². The lowest BCUT2D eigenvalue weighted by Gasteiger charge is -2.01. The van der Waals surface area contributed by atoms with Gasteiger partial charge < -0.3 is 14.6 Å². The van der Waals surface area contributed by atoms with Crippen LogP contribution in [-0.4, -0.2) is 50.1 Å². The maximum atomic E-state index is 8.39. The summed E-state index contributed by atoms with van der Waals surface area (Å²) < 4.78 is 10.00. The fourth-order valence-corrected chi connectivity index (χ4v) is 1.45. The molecule has 0 radical (unpaired) electrons. The normalized spacial score (nSPS) is 10.5. The first-order valence-electron chi connectivity index (χ1n) is 4.17. The molecule has 0 aliphatic heterocycles. The van der Waals surface area contributed by atoms with E-state index in [1.807, 2.05) is 11.8 Å². The molecule has 0 aromatic heterocycles. The molecule has 1 N–H and O–H groups in total. The van der Waals surface area contributed by atoms with Crippen LogP contribution in [0.2, 0.25) is 0 Å². The van der Waals surface area contributed by atoms with E-state index in [1.165, 1.54) is 0 Å². The van der Waals surface area contributed by atoms with E-state index in [2.05, 4.69) is 0 Å². The molecular formula is C8H18O3S. The molecule has 0 rings (SSSR count). The number of rotatable bonds is 9. The second-order valence-corrected chi connectivity index (χ2v) is 3.52. The number of aliphatic hydroxyl groups is 1. The van der Waals surface area contributed by atoms with Gasteiger partial charge >= 0.3 is 0 Å². The van der Waals surface area contributed by atoms with E-state index in [0.29, 0.717) is 6.61 Å². The highest BCUT2D eigenvalue weighted by molar-refractivity contribution is 7.99. The predicted octanol–water partition coefficient (Wildman–Crippen LogP) is 0.765. The average molecular weight is 194 g/mol. The minimum atomic E-state index is 0.119. The first kappa shape index (κ1) is 12.2. The molecule has 0 aliphatic rings. The van der Waals surface area contributed by atoms with E-state index < -0.39 is 0 Å². The summed E-state index contributed by atoms with van der Waals surface area (Å²) >= 11 is 1.86. The first-order valence-corrected chi connectivity index (χ1v) is 5.32. The molecule has 0 fully saturated rings. The Balaban J connectivity index is 2.73. The lowest BCUT2D eigenvalue weighted by molar-refractivity contribution is 0.103. The van der Waals surface area contributed by atoms with Crippen molar-refractivity contribution in [3.05, 3.63) is 0 Å². The predicted molar refractivity (Wildman–Crippen MR) is 51.7 cm³/mol. The number of thioether (sulfide) groups is 1. The Kier molecular flexibility index (Phi) is 11.4. The van der Waals surface area contributed by atoms with Crippen LogP contribution in [0.25, 0.3) is 0 Å². The number of methoxy groups -OCH3 is 1. The van der Waals surface area contributed by atoms with Gasteiger partial charge in [-0.05, 0) is 12.2 Å². The third-order valence-corrected chi connectivity index (χ3v) is 2.28. The van der Waals surface area contributed by atoms with Gasteiger partial charge in [-0.25, -0.2) is 0 Å². The van der Waals surface area contributed by atoms with Crippen molar-refractivity contribution in [2.45, 2.75) is 6.42 Å². The summed E-state index contributed by atoms with van der Waals surface area (Å²) in [5.74, 6) is 2.13. The summed E-state index contributed by atoms with van der Waals surface area (Å²) in [7, 11) is 1.72. The molecule has 0 aromatic rings. The molecule has 0 saturated heterocycles. The van der Waals surface area contributed by atoms with Gasteiger partial charge in [0.2, 0.25) is 0 Å². The topological polar surface area (TPSA) is 38.7 Å². The zero-order valence-electron chi connectivity index (χ0n) is 7.62. The highest BCUT2D eigenvalue weighted by Crippen LogP contribution is 2.01. The van der Waals surface area contributed by atoms with Crippen molar-refractivity contribution in [3.63, 3.8) is 0 Å². The van der Waals surface area contributed by atoms with Gasteiger partial charge in [-0.15, -0.1) is 0 Å². The minimum Gasteiger partial charge on any atom is -0.394 e. The first-order chi connectivity index (χ1) is 5.91. The van der Waals surface area contributed by atoms with E-state index in [0.717, 1.165) is 31.1 Å². The van der Waals surface area contributed by atoms with Crippen LogP contribution >= 0.6 is 11.8 Å². The molecule has 0 aromatic carbocycles. The second kappa shape index (κ2) is 11.2. The molecule has 0 spiro atoms. The van der Waals surface area contributed by atoms with Gasteiger partial charge in [0.1, 0.15) is 0 Å². The Labute approximate surface area is 78.4 Å². The van der Waals surface area contributed by atoms with Crippen LogP contribution in [0.3, 0.4) is 0 Å². The highest BCUT2D eigenvalue weighted by Gasteiger charge is 1.90. The van der Waals surface area contributed by atoms with Gasteiger partial charge in [0.05, 0.1) is 19.8 Å². The number of hydrogen-bond donors (Lipinski definition) is 1. The van der Waals surface area contributed by atoms with Gasteiger partial charge in [-0.1, -0.05) is 0 Å². The number of ether oxygens (including phenoxy) is 2. The zero-order valence-corrected chi connectivity index (χ0v) is 8.44. The van der Waals surface area contributed by atoms with Crippen molar-refractivity contribution >= 4 is 11.8 Å². The minimum absolute atomic E-state index is 0.119. The molecule has 0 heterocycles. The fourth-order valence-electron chi connectivity index (χ4n) is 0.692. The highest BCUT2D eigenvalue weighted by atomic mass is 32.2. The SMILES string of the molecule is COCCCSCCOCCO. The van der Waals surface area contributed by atoms with Crippen LogP contribution in [-0.2, 0) is 9.47 Å². The molecule has 0 saturated carbocycles. The Morgan fingerprint density at radius 2 is 2.00 bits per heavy atom. The Hall–Kier alpha value is 0.230. The molecule has 3 nitrogen and oxygen atoms in total. The third-order valence-electron chi connectivity index (χ3n) is 1.24. The molecule has 74 valence electrons. The van der Waals surface area contributed by atoms with E-state index >= 15 is 0 Å². The van der Waals surface area contributed by atoms with Gasteiger partial charge in [-0.2, -0.15) is 11.8 Å². The van der Waals surface area contributed by atoms with Crippen LogP contribution in [0.4, 0.5) is 0 Å². The monoisotopic (exact) mass is 194 g/mol. The lowest BCUT2D eigenvalue weighted by Crippen LogP contribution is -2.03. The van der Waals surface area contributed by atoms with Gasteiger partial charge in [0.15, 0.2) is 0 Å². The largest absolute Gasteiger partial charge is 0.394 e. The Bertz CT molecular complexity index is 70.7. The molecule has 12 heavy (non-hydrogen) atoms. The number of hydrogen-bond acceptors (Lipinski definition) is 4. The molecule has 0 unspecified atom stereocenters.